The summed E-state index contributed by atoms with van der Waals surface area (Å²) in [6.45, 7) is 1.43. The summed E-state index contributed by atoms with van der Waals surface area (Å²) in [6, 6.07) is 5.53. The fraction of sp³-hybridized carbons (Fsp3) is 0.300. The Hall–Kier alpha value is -0.740. The molecule has 1 fully saturated rings. The number of hydrogen-bond acceptors (Lipinski definition) is 1. The highest BCUT2D eigenvalue weighted by Crippen LogP contribution is 2.30. The minimum Gasteiger partial charge on any atom is -0.326 e. The van der Waals surface area contributed by atoms with Crippen LogP contribution in [0, 0.1) is 0 Å². The van der Waals surface area contributed by atoms with E-state index in [2.05, 4.69) is 15.9 Å². The zero-order chi connectivity index (χ0) is 11.0. The van der Waals surface area contributed by atoms with E-state index in [1.807, 2.05) is 12.1 Å². The van der Waals surface area contributed by atoms with Crippen molar-refractivity contribution in [2.45, 2.75) is 0 Å². The highest BCUT2D eigenvalue weighted by atomic mass is 79.9. The third-order valence-corrected chi connectivity index (χ3v) is 3.21. The number of anilines is 1. The molecule has 3 nitrogen and oxygen atoms in total. The number of halogens is 2. The van der Waals surface area contributed by atoms with Crippen molar-refractivity contribution in [1.82, 2.24) is 4.90 Å². The maximum Gasteiger partial charge on any atom is 0.324 e. The van der Waals surface area contributed by atoms with Gasteiger partial charge in [-0.25, -0.2) is 4.79 Å². The minimum atomic E-state index is -0.000720. The number of nitrogens with zero attached hydrogens (tertiary/aromatic N) is 2. The molecule has 0 spiro atoms. The topological polar surface area (TPSA) is 23.6 Å². The summed E-state index contributed by atoms with van der Waals surface area (Å²) >= 11 is 9.41. The standard InChI is InChI=1S/C10H10BrClN2O/c1-13-4-5-14(10(13)15)9-3-2-7(11)6-8(9)12/h2-3,6H,4-5H2,1H3. The molecule has 0 atom stereocenters. The number of hydrogen-bond donors (Lipinski definition) is 0. The highest BCUT2D eigenvalue weighted by Gasteiger charge is 2.27. The summed E-state index contributed by atoms with van der Waals surface area (Å²) in [6.07, 6.45) is 0. The van der Waals surface area contributed by atoms with Gasteiger partial charge in [0.15, 0.2) is 0 Å². The predicted molar refractivity (Wildman–Crippen MR) is 64.5 cm³/mol. The molecule has 1 aliphatic rings. The molecule has 1 heterocycles. The van der Waals surface area contributed by atoms with Gasteiger partial charge >= 0.3 is 6.03 Å². The predicted octanol–water partition coefficient (Wildman–Crippen LogP) is 2.97. The van der Waals surface area contributed by atoms with Crippen LogP contribution >= 0.6 is 27.5 Å². The number of carbonyl (C=O) groups excluding carboxylic acids is 1. The molecule has 1 aliphatic heterocycles. The van der Waals surface area contributed by atoms with Crippen LogP contribution < -0.4 is 4.90 Å². The second-order valence-corrected chi connectivity index (χ2v) is 4.77. The van der Waals surface area contributed by atoms with E-state index in [0.717, 1.165) is 16.7 Å². The van der Waals surface area contributed by atoms with Crippen molar-refractivity contribution in [2.24, 2.45) is 0 Å². The fourth-order valence-corrected chi connectivity index (χ4v) is 2.35. The number of amides is 2. The van der Waals surface area contributed by atoms with Gasteiger partial charge in [0.05, 0.1) is 10.7 Å². The van der Waals surface area contributed by atoms with Crippen molar-refractivity contribution >= 4 is 39.2 Å². The van der Waals surface area contributed by atoms with E-state index in [1.165, 1.54) is 0 Å². The first-order valence-corrected chi connectivity index (χ1v) is 5.74. The second kappa shape index (κ2) is 4.02. The number of likely N-dealkylation sites (N-methyl/N-ethyl adjacent to an activating group) is 1. The van der Waals surface area contributed by atoms with Crippen molar-refractivity contribution in [3.63, 3.8) is 0 Å². The van der Waals surface area contributed by atoms with Crippen LogP contribution in [0.2, 0.25) is 5.02 Å². The first-order chi connectivity index (χ1) is 7.09. The molecule has 1 aromatic rings. The summed E-state index contributed by atoms with van der Waals surface area (Å²) in [5.41, 5.74) is 0.772. The normalized spacial score (nSPS) is 16.3. The molecule has 0 radical (unpaired) electrons. The lowest BCUT2D eigenvalue weighted by atomic mass is 10.3. The zero-order valence-corrected chi connectivity index (χ0v) is 10.5. The van der Waals surface area contributed by atoms with E-state index >= 15 is 0 Å². The van der Waals surface area contributed by atoms with Crippen LogP contribution in [0.5, 0.6) is 0 Å². The lowest BCUT2D eigenvalue weighted by Gasteiger charge is -2.17. The van der Waals surface area contributed by atoms with E-state index in [-0.39, 0.29) is 6.03 Å². The molecule has 15 heavy (non-hydrogen) atoms. The van der Waals surface area contributed by atoms with Crippen molar-refractivity contribution in [3.05, 3.63) is 27.7 Å². The van der Waals surface area contributed by atoms with Crippen molar-refractivity contribution in [2.75, 3.05) is 25.0 Å². The Balaban J connectivity index is 2.34. The van der Waals surface area contributed by atoms with E-state index < -0.39 is 0 Å². The van der Waals surface area contributed by atoms with Crippen LogP contribution in [0.4, 0.5) is 10.5 Å². The van der Waals surface area contributed by atoms with Crippen molar-refractivity contribution < 1.29 is 4.79 Å². The Kier molecular flexibility index (Phi) is 2.89. The SMILES string of the molecule is CN1CCN(c2ccc(Br)cc2Cl)C1=O. The number of rotatable bonds is 1. The lowest BCUT2D eigenvalue weighted by Crippen LogP contribution is -2.29. The zero-order valence-electron chi connectivity index (χ0n) is 8.20. The van der Waals surface area contributed by atoms with Crippen LogP contribution in [0.25, 0.3) is 0 Å². The van der Waals surface area contributed by atoms with Crippen LogP contribution in [0.15, 0.2) is 22.7 Å². The molecule has 2 amide bonds. The van der Waals surface area contributed by atoms with Crippen LogP contribution in [-0.4, -0.2) is 31.1 Å². The van der Waals surface area contributed by atoms with Crippen LogP contribution in [0.3, 0.4) is 0 Å². The molecule has 5 heteroatoms. The van der Waals surface area contributed by atoms with Crippen LogP contribution in [-0.2, 0) is 0 Å². The van der Waals surface area contributed by atoms with Gasteiger partial charge in [-0.05, 0) is 18.2 Å². The molecule has 1 aromatic carbocycles. The summed E-state index contributed by atoms with van der Waals surface area (Å²) < 4.78 is 0.913. The maximum atomic E-state index is 11.7. The van der Waals surface area contributed by atoms with E-state index in [0.29, 0.717) is 11.6 Å². The molecule has 0 saturated carbocycles. The average molecular weight is 290 g/mol. The van der Waals surface area contributed by atoms with E-state index in [1.54, 1.807) is 22.9 Å². The summed E-state index contributed by atoms with van der Waals surface area (Å²) in [5.74, 6) is 0. The Morgan fingerprint density at radius 1 is 1.40 bits per heavy atom. The van der Waals surface area contributed by atoms with Gasteiger partial charge in [0.25, 0.3) is 0 Å². The van der Waals surface area contributed by atoms with Crippen molar-refractivity contribution in [1.29, 1.82) is 0 Å². The molecular weight excluding hydrogens is 279 g/mol. The Bertz CT molecular complexity index is 410. The minimum absolute atomic E-state index is 0.000720. The number of urea groups is 1. The summed E-state index contributed by atoms with van der Waals surface area (Å²) in [5, 5.41) is 0.591. The quantitative estimate of drug-likeness (QED) is 0.779. The fourth-order valence-electron chi connectivity index (χ4n) is 1.57. The lowest BCUT2D eigenvalue weighted by molar-refractivity contribution is 0.229. The monoisotopic (exact) mass is 288 g/mol. The first kappa shape index (κ1) is 10.8. The van der Waals surface area contributed by atoms with Gasteiger partial charge in [0.1, 0.15) is 0 Å². The molecule has 0 unspecified atom stereocenters. The smallest absolute Gasteiger partial charge is 0.324 e. The van der Waals surface area contributed by atoms with Crippen LogP contribution in [0.1, 0.15) is 0 Å². The van der Waals surface area contributed by atoms with E-state index in [9.17, 15) is 4.79 Å². The third kappa shape index (κ3) is 1.96. The molecule has 0 N–H and O–H groups in total. The molecule has 0 aliphatic carbocycles. The molecular formula is C10H10BrClN2O. The maximum absolute atomic E-state index is 11.7. The Labute approximate surface area is 102 Å². The third-order valence-electron chi connectivity index (χ3n) is 2.42. The highest BCUT2D eigenvalue weighted by molar-refractivity contribution is 9.10. The largest absolute Gasteiger partial charge is 0.326 e. The summed E-state index contributed by atoms with van der Waals surface area (Å²) in [4.78, 5) is 15.1. The van der Waals surface area contributed by atoms with Gasteiger partial charge in [-0.1, -0.05) is 27.5 Å². The Morgan fingerprint density at radius 2 is 2.13 bits per heavy atom. The van der Waals surface area contributed by atoms with Gasteiger partial charge in [0.2, 0.25) is 0 Å². The second-order valence-electron chi connectivity index (χ2n) is 3.45. The van der Waals surface area contributed by atoms with Gasteiger partial charge in [0, 0.05) is 24.6 Å². The molecule has 2 rings (SSSR count). The molecule has 0 bridgehead atoms. The summed E-state index contributed by atoms with van der Waals surface area (Å²) in [7, 11) is 1.79. The molecule has 0 aromatic heterocycles. The number of benzene rings is 1. The van der Waals surface area contributed by atoms with Gasteiger partial charge < -0.3 is 4.90 Å². The van der Waals surface area contributed by atoms with Crippen molar-refractivity contribution in [3.8, 4) is 0 Å². The van der Waals surface area contributed by atoms with E-state index in [4.69, 9.17) is 11.6 Å². The molecule has 80 valence electrons. The number of carbonyl (C=O) groups is 1. The molecule has 1 saturated heterocycles. The van der Waals surface area contributed by atoms with Gasteiger partial charge in [-0.3, -0.25) is 4.90 Å². The first-order valence-electron chi connectivity index (χ1n) is 4.57. The average Bonchev–Trinajstić information content (AvgIpc) is 2.49. The van der Waals surface area contributed by atoms with Gasteiger partial charge in [-0.2, -0.15) is 0 Å². The van der Waals surface area contributed by atoms with Gasteiger partial charge in [-0.15, -0.1) is 0 Å². The Morgan fingerprint density at radius 3 is 2.67 bits per heavy atom.